The van der Waals surface area contributed by atoms with Gasteiger partial charge in [-0.3, -0.25) is 0 Å². The average molecular weight is 337 g/mol. The molecule has 124 valence electrons. The summed E-state index contributed by atoms with van der Waals surface area (Å²) in [4.78, 5) is 11.0. The number of alkyl halides is 2. The molecule has 0 saturated carbocycles. The van der Waals surface area contributed by atoms with Crippen LogP contribution in [0.2, 0.25) is 0 Å². The molecule has 22 heavy (non-hydrogen) atoms. The lowest BCUT2D eigenvalue weighted by Gasteiger charge is -2.37. The molecule has 0 spiro atoms. The van der Waals surface area contributed by atoms with Crippen LogP contribution in [0, 0.1) is 5.82 Å². The zero-order valence-corrected chi connectivity index (χ0v) is 13.4. The first kappa shape index (κ1) is 18.6. The monoisotopic (exact) mass is 337 g/mol. The van der Waals surface area contributed by atoms with Gasteiger partial charge in [-0.05, 0) is 33.8 Å². The maximum Gasteiger partial charge on any atom is 0.377 e. The van der Waals surface area contributed by atoms with E-state index in [0.717, 1.165) is 19.1 Å². The van der Waals surface area contributed by atoms with Crippen molar-refractivity contribution in [1.29, 1.82) is 0 Å². The first-order valence-electron chi connectivity index (χ1n) is 6.40. The lowest BCUT2D eigenvalue weighted by atomic mass is 9.86. The fraction of sp³-hybridized carbons (Fsp3) is 0.500. The largest absolute Gasteiger partial charge is 0.477 e. The van der Waals surface area contributed by atoms with E-state index >= 15 is 0 Å². The van der Waals surface area contributed by atoms with Gasteiger partial charge in [0.05, 0.1) is 15.7 Å². The number of carbonyl (C=O) groups is 1. The number of benzene rings is 1. The third kappa shape index (κ3) is 3.33. The molecule has 0 aliphatic carbocycles. The zero-order chi connectivity index (χ0) is 17.3. The third-order valence-corrected chi connectivity index (χ3v) is 4.87. The second kappa shape index (κ2) is 6.00. The lowest BCUT2D eigenvalue weighted by molar-refractivity contribution is -0.177. The molecule has 1 unspecified atom stereocenters. The maximum absolute atomic E-state index is 14.2. The first-order chi connectivity index (χ1) is 9.84. The Balaban J connectivity index is 3.50. The van der Waals surface area contributed by atoms with Gasteiger partial charge < -0.3 is 5.11 Å². The Labute approximate surface area is 129 Å². The Morgan fingerprint density at radius 3 is 2.09 bits per heavy atom. The van der Waals surface area contributed by atoms with Crippen LogP contribution in [0.4, 0.5) is 13.2 Å². The summed E-state index contributed by atoms with van der Waals surface area (Å²) in [5, 5.41) is 8.83. The van der Waals surface area contributed by atoms with Crippen LogP contribution in [0.15, 0.2) is 24.3 Å². The number of rotatable bonds is 5. The minimum atomic E-state index is -4.38. The van der Waals surface area contributed by atoms with E-state index in [0.29, 0.717) is 0 Å². The van der Waals surface area contributed by atoms with E-state index in [1.54, 1.807) is 0 Å². The van der Waals surface area contributed by atoms with Gasteiger partial charge in [0.15, 0.2) is 0 Å². The van der Waals surface area contributed by atoms with Crippen molar-refractivity contribution in [2.24, 2.45) is 0 Å². The highest BCUT2D eigenvalue weighted by atomic mass is 32.2. The number of carboxylic acid groups (broad SMARTS) is 1. The van der Waals surface area contributed by atoms with Crippen LogP contribution in [0.1, 0.15) is 33.3 Å². The lowest BCUT2D eigenvalue weighted by Crippen LogP contribution is -2.60. The molecular weight excluding hydrogens is 319 g/mol. The Bertz CT molecular complexity index is 601. The standard InChI is InChI=1S/C14H18F3NO3S/c1-12(2,3)22(21)18-13(4,14(16,17)11(19)20)9-7-5-6-8-10(9)15/h5-8,18H,1-4H3,(H,19,20)/t13-,22?/m1/s1. The Hall–Kier alpha value is -1.41. The van der Waals surface area contributed by atoms with Crippen LogP contribution >= 0.6 is 0 Å². The van der Waals surface area contributed by atoms with Crippen LogP contribution < -0.4 is 4.72 Å². The average Bonchev–Trinajstić information content (AvgIpc) is 2.37. The second-order valence-electron chi connectivity index (χ2n) is 5.97. The number of hydrogen-bond donors (Lipinski definition) is 2. The van der Waals surface area contributed by atoms with Crippen LogP contribution in [0.5, 0.6) is 0 Å². The molecule has 1 aromatic rings. The second-order valence-corrected chi connectivity index (χ2v) is 7.93. The third-order valence-electron chi connectivity index (χ3n) is 3.16. The van der Waals surface area contributed by atoms with Gasteiger partial charge in [-0.15, -0.1) is 0 Å². The Kier molecular flexibility index (Phi) is 5.08. The van der Waals surface area contributed by atoms with Gasteiger partial charge in [-0.25, -0.2) is 18.1 Å². The molecule has 0 aliphatic heterocycles. The summed E-state index contributed by atoms with van der Waals surface area (Å²) in [7, 11) is -2.04. The molecule has 2 N–H and O–H groups in total. The summed E-state index contributed by atoms with van der Waals surface area (Å²) in [6.45, 7) is 5.40. The summed E-state index contributed by atoms with van der Waals surface area (Å²) in [6, 6.07) is 4.57. The SMILES string of the molecule is CC(C)(C)S(=O)N[C@](C)(c1ccccc1F)C(F)(F)C(=O)O. The molecule has 8 heteroatoms. The van der Waals surface area contributed by atoms with Crippen molar-refractivity contribution in [2.75, 3.05) is 0 Å². The summed E-state index contributed by atoms with van der Waals surface area (Å²) in [6.07, 6.45) is 0. The minimum Gasteiger partial charge on any atom is -0.477 e. The van der Waals surface area contributed by atoms with E-state index in [1.165, 1.54) is 32.9 Å². The molecule has 0 fully saturated rings. The molecule has 0 heterocycles. The first-order valence-corrected chi connectivity index (χ1v) is 7.55. The highest BCUT2D eigenvalue weighted by molar-refractivity contribution is 7.84. The summed E-state index contributed by atoms with van der Waals surface area (Å²) < 4.78 is 55.8. The van der Waals surface area contributed by atoms with Gasteiger partial charge >= 0.3 is 11.9 Å². The smallest absolute Gasteiger partial charge is 0.377 e. The number of aliphatic carboxylic acids is 1. The van der Waals surface area contributed by atoms with E-state index in [1.807, 2.05) is 0 Å². The molecule has 1 rings (SSSR count). The molecule has 2 atom stereocenters. The van der Waals surface area contributed by atoms with Crippen LogP contribution in [-0.4, -0.2) is 26.0 Å². The summed E-state index contributed by atoms with van der Waals surface area (Å²) >= 11 is 0. The predicted molar refractivity (Wildman–Crippen MR) is 77.4 cm³/mol. The molecule has 0 aliphatic rings. The highest BCUT2D eigenvalue weighted by Gasteiger charge is 2.59. The van der Waals surface area contributed by atoms with E-state index in [-0.39, 0.29) is 0 Å². The molecule has 0 amide bonds. The molecule has 0 saturated heterocycles. The molecule has 0 radical (unpaired) electrons. The van der Waals surface area contributed by atoms with Gasteiger partial charge in [0, 0.05) is 5.56 Å². The van der Waals surface area contributed by atoms with Gasteiger partial charge in [0.1, 0.15) is 11.4 Å². The van der Waals surface area contributed by atoms with E-state index in [9.17, 15) is 22.2 Å². The van der Waals surface area contributed by atoms with Gasteiger partial charge in [0.25, 0.3) is 0 Å². The normalized spacial score (nSPS) is 16.9. The van der Waals surface area contributed by atoms with Crippen LogP contribution in [-0.2, 0) is 21.3 Å². The topological polar surface area (TPSA) is 66.4 Å². The van der Waals surface area contributed by atoms with Crippen LogP contribution in [0.25, 0.3) is 0 Å². The van der Waals surface area contributed by atoms with Gasteiger partial charge in [-0.2, -0.15) is 8.78 Å². The number of carboxylic acids is 1. The van der Waals surface area contributed by atoms with Crippen molar-refractivity contribution in [3.8, 4) is 0 Å². The van der Waals surface area contributed by atoms with Gasteiger partial charge in [-0.1, -0.05) is 18.2 Å². The minimum absolute atomic E-state index is 0.569. The highest BCUT2D eigenvalue weighted by Crippen LogP contribution is 2.40. The van der Waals surface area contributed by atoms with Crippen molar-refractivity contribution in [3.63, 3.8) is 0 Å². The van der Waals surface area contributed by atoms with E-state index in [4.69, 9.17) is 5.11 Å². The number of nitrogens with one attached hydrogen (secondary N) is 1. The summed E-state index contributed by atoms with van der Waals surface area (Å²) in [5.74, 6) is -7.82. The molecular formula is C14H18F3NO3S. The predicted octanol–water partition coefficient (Wildman–Crippen LogP) is 2.81. The van der Waals surface area contributed by atoms with Crippen molar-refractivity contribution in [2.45, 2.75) is 43.9 Å². The zero-order valence-electron chi connectivity index (χ0n) is 12.6. The Morgan fingerprint density at radius 2 is 1.68 bits per heavy atom. The number of halogens is 3. The summed E-state index contributed by atoms with van der Waals surface area (Å²) in [5.41, 5.74) is -3.25. The molecule has 1 aromatic carbocycles. The maximum atomic E-state index is 14.2. The van der Waals surface area contributed by atoms with E-state index < -0.39 is 44.5 Å². The van der Waals surface area contributed by atoms with Crippen LogP contribution in [0.3, 0.4) is 0 Å². The number of hydrogen-bond acceptors (Lipinski definition) is 2. The van der Waals surface area contributed by atoms with Crippen molar-refractivity contribution in [3.05, 3.63) is 35.6 Å². The molecule has 0 bridgehead atoms. The fourth-order valence-corrected chi connectivity index (χ4v) is 2.62. The Morgan fingerprint density at radius 1 is 1.18 bits per heavy atom. The fourth-order valence-electron chi connectivity index (χ4n) is 1.71. The van der Waals surface area contributed by atoms with Crippen molar-refractivity contribution in [1.82, 2.24) is 4.72 Å². The van der Waals surface area contributed by atoms with Gasteiger partial charge in [0.2, 0.25) is 0 Å². The van der Waals surface area contributed by atoms with Crippen molar-refractivity contribution < 1.29 is 27.3 Å². The molecule has 4 nitrogen and oxygen atoms in total. The van der Waals surface area contributed by atoms with Crippen molar-refractivity contribution >= 4 is 17.0 Å². The molecule has 0 aromatic heterocycles. The quantitative estimate of drug-likeness (QED) is 0.868. The van der Waals surface area contributed by atoms with E-state index in [2.05, 4.69) is 4.72 Å².